The fourth-order valence-corrected chi connectivity index (χ4v) is 3.50. The Labute approximate surface area is 107 Å². The van der Waals surface area contributed by atoms with E-state index in [1.165, 1.54) is 0 Å². The molecule has 7 heteroatoms. The number of nitrogens with zero attached hydrogens (tertiary/aromatic N) is 2. The molecule has 1 aliphatic heterocycles. The van der Waals surface area contributed by atoms with Crippen LogP contribution in [0.25, 0.3) is 0 Å². The fourth-order valence-electron chi connectivity index (χ4n) is 1.92. The summed E-state index contributed by atoms with van der Waals surface area (Å²) < 4.78 is 27.6. The summed E-state index contributed by atoms with van der Waals surface area (Å²) in [5, 5.41) is 6.94. The third-order valence-corrected chi connectivity index (χ3v) is 4.89. The summed E-state index contributed by atoms with van der Waals surface area (Å²) in [6, 6.07) is 0.423. The number of sulfone groups is 1. The molecule has 2 rings (SSSR count). The van der Waals surface area contributed by atoms with E-state index in [4.69, 9.17) is 4.52 Å². The molecule has 1 fully saturated rings. The highest BCUT2D eigenvalue weighted by Crippen LogP contribution is 2.19. The summed E-state index contributed by atoms with van der Waals surface area (Å²) in [6.07, 6.45) is 1.42. The van der Waals surface area contributed by atoms with Crippen molar-refractivity contribution in [1.82, 2.24) is 10.1 Å². The van der Waals surface area contributed by atoms with Gasteiger partial charge in [0, 0.05) is 12.5 Å². The lowest BCUT2D eigenvalue weighted by atomic mass is 10.0. The molecule has 1 saturated heterocycles. The van der Waals surface area contributed by atoms with Gasteiger partial charge in [-0.15, -0.1) is 0 Å². The van der Waals surface area contributed by atoms with Gasteiger partial charge in [0.15, 0.2) is 5.82 Å². The average Bonchev–Trinajstić information content (AvgIpc) is 2.76. The molecule has 0 radical (unpaired) electrons. The molecule has 0 bridgehead atoms. The van der Waals surface area contributed by atoms with Crippen LogP contribution in [-0.4, -0.2) is 36.6 Å². The molecule has 0 aliphatic carbocycles. The molecule has 0 unspecified atom stereocenters. The predicted molar refractivity (Wildman–Crippen MR) is 68.3 cm³/mol. The standard InChI is InChI=1S/C11H19N3O3S/c1-8(2)10-13-11(17-14-10)12-7-9-3-5-18(15,16)6-4-9/h8-9H,3-7H2,1-2H3,(H,12,13,14). The van der Waals surface area contributed by atoms with E-state index < -0.39 is 9.84 Å². The molecule has 1 aromatic rings. The van der Waals surface area contributed by atoms with Crippen LogP contribution in [0.3, 0.4) is 0 Å². The third kappa shape index (κ3) is 3.44. The highest BCUT2D eigenvalue weighted by atomic mass is 32.2. The van der Waals surface area contributed by atoms with E-state index in [0.29, 0.717) is 48.6 Å². The highest BCUT2D eigenvalue weighted by molar-refractivity contribution is 7.91. The molecular formula is C11H19N3O3S. The summed E-state index contributed by atoms with van der Waals surface area (Å²) in [5.74, 6) is 1.87. The van der Waals surface area contributed by atoms with Crippen LogP contribution >= 0.6 is 0 Å². The zero-order valence-corrected chi connectivity index (χ0v) is 11.5. The van der Waals surface area contributed by atoms with E-state index >= 15 is 0 Å². The number of aromatic nitrogens is 2. The molecular weight excluding hydrogens is 254 g/mol. The van der Waals surface area contributed by atoms with Crippen LogP contribution < -0.4 is 5.32 Å². The van der Waals surface area contributed by atoms with Gasteiger partial charge in [-0.25, -0.2) is 8.42 Å². The summed E-state index contributed by atoms with van der Waals surface area (Å²) in [7, 11) is -2.78. The monoisotopic (exact) mass is 273 g/mol. The van der Waals surface area contributed by atoms with E-state index in [9.17, 15) is 8.42 Å². The first-order valence-corrected chi connectivity index (χ1v) is 8.06. The van der Waals surface area contributed by atoms with Gasteiger partial charge in [-0.1, -0.05) is 19.0 Å². The molecule has 1 aliphatic rings. The van der Waals surface area contributed by atoms with Gasteiger partial charge in [-0.2, -0.15) is 4.98 Å². The van der Waals surface area contributed by atoms with Gasteiger partial charge in [0.25, 0.3) is 0 Å². The zero-order chi connectivity index (χ0) is 13.2. The molecule has 0 saturated carbocycles. The first-order valence-electron chi connectivity index (χ1n) is 6.24. The topological polar surface area (TPSA) is 85.1 Å². The average molecular weight is 273 g/mol. The Bertz CT molecular complexity index is 481. The molecule has 2 heterocycles. The summed E-state index contributed by atoms with van der Waals surface area (Å²) >= 11 is 0. The van der Waals surface area contributed by atoms with Crippen molar-refractivity contribution in [3.63, 3.8) is 0 Å². The van der Waals surface area contributed by atoms with Gasteiger partial charge < -0.3 is 9.84 Å². The second-order valence-corrected chi connectivity index (χ2v) is 7.39. The van der Waals surface area contributed by atoms with E-state index in [1.807, 2.05) is 13.8 Å². The van der Waals surface area contributed by atoms with Gasteiger partial charge in [0.1, 0.15) is 9.84 Å². The quantitative estimate of drug-likeness (QED) is 0.893. The van der Waals surface area contributed by atoms with Gasteiger partial charge in [0.2, 0.25) is 0 Å². The second-order valence-electron chi connectivity index (χ2n) is 5.09. The molecule has 1 aromatic heterocycles. The molecule has 0 spiro atoms. The second kappa shape index (κ2) is 5.26. The SMILES string of the molecule is CC(C)c1noc(NCC2CCS(=O)(=O)CC2)n1. The Morgan fingerprint density at radius 1 is 1.39 bits per heavy atom. The van der Waals surface area contributed by atoms with Crippen molar-refractivity contribution in [2.75, 3.05) is 23.4 Å². The Hall–Kier alpha value is -1.11. The predicted octanol–water partition coefficient (Wildman–Crippen LogP) is 1.43. The van der Waals surface area contributed by atoms with Crippen LogP contribution in [0.15, 0.2) is 4.52 Å². The molecule has 0 amide bonds. The number of rotatable bonds is 4. The van der Waals surface area contributed by atoms with Crippen LogP contribution in [-0.2, 0) is 9.84 Å². The molecule has 102 valence electrons. The van der Waals surface area contributed by atoms with Crippen LogP contribution in [0, 0.1) is 5.92 Å². The number of nitrogens with one attached hydrogen (secondary N) is 1. The lowest BCUT2D eigenvalue weighted by Crippen LogP contribution is -2.27. The van der Waals surface area contributed by atoms with Crippen LogP contribution in [0.5, 0.6) is 0 Å². The van der Waals surface area contributed by atoms with Gasteiger partial charge in [0.05, 0.1) is 11.5 Å². The van der Waals surface area contributed by atoms with Gasteiger partial charge in [-0.05, 0) is 18.8 Å². The van der Waals surface area contributed by atoms with Crippen molar-refractivity contribution in [3.05, 3.63) is 5.82 Å². The molecule has 1 N–H and O–H groups in total. The summed E-state index contributed by atoms with van der Waals surface area (Å²) in [5.41, 5.74) is 0. The lowest BCUT2D eigenvalue weighted by molar-refractivity contribution is 0.412. The minimum Gasteiger partial charge on any atom is -0.337 e. The first-order chi connectivity index (χ1) is 8.46. The largest absolute Gasteiger partial charge is 0.337 e. The maximum Gasteiger partial charge on any atom is 0.321 e. The number of hydrogen-bond donors (Lipinski definition) is 1. The van der Waals surface area contributed by atoms with Crippen molar-refractivity contribution < 1.29 is 12.9 Å². The Morgan fingerprint density at radius 2 is 2.06 bits per heavy atom. The number of hydrogen-bond acceptors (Lipinski definition) is 6. The Kier molecular flexibility index (Phi) is 3.89. The molecule has 0 aromatic carbocycles. The van der Waals surface area contributed by atoms with Gasteiger partial charge >= 0.3 is 6.01 Å². The van der Waals surface area contributed by atoms with Crippen LogP contribution in [0.2, 0.25) is 0 Å². The molecule has 18 heavy (non-hydrogen) atoms. The maximum absolute atomic E-state index is 11.3. The number of anilines is 1. The van der Waals surface area contributed by atoms with E-state index in [2.05, 4.69) is 15.5 Å². The Morgan fingerprint density at radius 3 is 2.61 bits per heavy atom. The van der Waals surface area contributed by atoms with Crippen molar-refractivity contribution in [3.8, 4) is 0 Å². The summed E-state index contributed by atoms with van der Waals surface area (Å²) in [6.45, 7) is 4.69. The maximum atomic E-state index is 11.3. The lowest BCUT2D eigenvalue weighted by Gasteiger charge is -2.21. The minimum absolute atomic E-state index is 0.240. The summed E-state index contributed by atoms with van der Waals surface area (Å²) in [4.78, 5) is 4.22. The van der Waals surface area contributed by atoms with Crippen molar-refractivity contribution in [1.29, 1.82) is 0 Å². The van der Waals surface area contributed by atoms with Crippen LogP contribution in [0.1, 0.15) is 38.4 Å². The first kappa shape index (κ1) is 13.3. The highest BCUT2D eigenvalue weighted by Gasteiger charge is 2.23. The Balaban J connectivity index is 1.81. The minimum atomic E-state index is -2.78. The van der Waals surface area contributed by atoms with E-state index in [-0.39, 0.29) is 5.92 Å². The van der Waals surface area contributed by atoms with E-state index in [1.54, 1.807) is 0 Å². The van der Waals surface area contributed by atoms with Crippen molar-refractivity contribution in [2.24, 2.45) is 5.92 Å². The van der Waals surface area contributed by atoms with Crippen LogP contribution in [0.4, 0.5) is 6.01 Å². The van der Waals surface area contributed by atoms with Crippen molar-refractivity contribution in [2.45, 2.75) is 32.6 Å². The molecule has 6 nitrogen and oxygen atoms in total. The smallest absolute Gasteiger partial charge is 0.321 e. The zero-order valence-electron chi connectivity index (χ0n) is 10.7. The third-order valence-electron chi connectivity index (χ3n) is 3.17. The van der Waals surface area contributed by atoms with Crippen molar-refractivity contribution >= 4 is 15.9 Å². The normalized spacial score (nSPS) is 20.2. The fraction of sp³-hybridized carbons (Fsp3) is 0.818. The van der Waals surface area contributed by atoms with E-state index in [0.717, 1.165) is 0 Å². The molecule has 0 atom stereocenters. The van der Waals surface area contributed by atoms with Gasteiger partial charge in [-0.3, -0.25) is 0 Å².